The molecule has 2 amide bonds. The largest absolute Gasteiger partial charge is 0.497 e. The number of nitrogens with zero attached hydrogens (tertiary/aromatic N) is 2. The van der Waals surface area contributed by atoms with E-state index in [-0.39, 0.29) is 18.2 Å². The first kappa shape index (κ1) is 25.0. The third-order valence-electron chi connectivity index (χ3n) is 5.78. The van der Waals surface area contributed by atoms with Gasteiger partial charge >= 0.3 is 0 Å². The van der Waals surface area contributed by atoms with Crippen LogP contribution in [0.1, 0.15) is 18.1 Å². The number of ether oxygens (including phenoxy) is 2. The maximum Gasteiger partial charge on any atom is 0.242 e. The highest BCUT2D eigenvalue weighted by Gasteiger charge is 2.26. The van der Waals surface area contributed by atoms with Crippen LogP contribution >= 0.6 is 11.6 Å². The monoisotopic (exact) mass is 473 g/mol. The summed E-state index contributed by atoms with van der Waals surface area (Å²) in [6.07, 6.45) is 0.193. The molecule has 2 aromatic carbocycles. The number of benzene rings is 2. The van der Waals surface area contributed by atoms with Crippen LogP contribution in [0.3, 0.4) is 0 Å². The Kier molecular flexibility index (Phi) is 9.54. The van der Waals surface area contributed by atoms with Crippen LogP contribution < -0.4 is 10.1 Å². The molecular weight excluding hydrogens is 442 g/mol. The smallest absolute Gasteiger partial charge is 0.242 e. The molecule has 1 aliphatic rings. The second kappa shape index (κ2) is 12.6. The highest BCUT2D eigenvalue weighted by Crippen LogP contribution is 2.17. The van der Waals surface area contributed by atoms with Crippen LogP contribution in [0.4, 0.5) is 0 Å². The number of rotatable bonds is 10. The zero-order chi connectivity index (χ0) is 23.6. The van der Waals surface area contributed by atoms with Crippen molar-refractivity contribution in [3.8, 4) is 5.75 Å². The SMILES string of the molecule is COc1ccc(CN(C(=O)Cc2ccc(Cl)cc2)C(C)C(=O)NCCN2CCOCC2)cc1. The molecule has 0 bridgehead atoms. The van der Waals surface area contributed by atoms with Gasteiger partial charge in [0, 0.05) is 37.7 Å². The van der Waals surface area contributed by atoms with Gasteiger partial charge in [-0.3, -0.25) is 14.5 Å². The number of hydrogen-bond donors (Lipinski definition) is 1. The molecule has 1 atom stereocenters. The molecule has 0 spiro atoms. The van der Waals surface area contributed by atoms with Crippen molar-refractivity contribution < 1.29 is 19.1 Å². The van der Waals surface area contributed by atoms with E-state index in [1.54, 1.807) is 31.1 Å². The van der Waals surface area contributed by atoms with Gasteiger partial charge in [0.05, 0.1) is 26.7 Å². The highest BCUT2D eigenvalue weighted by molar-refractivity contribution is 6.30. The first-order valence-electron chi connectivity index (χ1n) is 11.2. The molecule has 7 nitrogen and oxygen atoms in total. The van der Waals surface area contributed by atoms with E-state index in [9.17, 15) is 9.59 Å². The van der Waals surface area contributed by atoms with E-state index in [4.69, 9.17) is 21.1 Å². The maximum absolute atomic E-state index is 13.3. The predicted octanol–water partition coefficient (Wildman–Crippen LogP) is 2.76. The average Bonchev–Trinajstić information content (AvgIpc) is 2.84. The van der Waals surface area contributed by atoms with E-state index in [1.165, 1.54) is 0 Å². The van der Waals surface area contributed by atoms with Gasteiger partial charge in [-0.15, -0.1) is 0 Å². The van der Waals surface area contributed by atoms with Gasteiger partial charge in [0.25, 0.3) is 0 Å². The van der Waals surface area contributed by atoms with E-state index in [1.807, 2.05) is 36.4 Å². The van der Waals surface area contributed by atoms with Gasteiger partial charge in [-0.1, -0.05) is 35.9 Å². The lowest BCUT2D eigenvalue weighted by molar-refractivity contribution is -0.140. The van der Waals surface area contributed by atoms with Crippen LogP contribution in [-0.4, -0.2) is 74.2 Å². The van der Waals surface area contributed by atoms with E-state index < -0.39 is 6.04 Å². The molecule has 1 aliphatic heterocycles. The maximum atomic E-state index is 13.3. The van der Waals surface area contributed by atoms with Gasteiger partial charge in [0.1, 0.15) is 11.8 Å². The molecule has 33 heavy (non-hydrogen) atoms. The van der Waals surface area contributed by atoms with Gasteiger partial charge in [-0.25, -0.2) is 0 Å². The molecule has 1 fully saturated rings. The minimum atomic E-state index is -0.614. The van der Waals surface area contributed by atoms with Crippen LogP contribution in [0.25, 0.3) is 0 Å². The molecule has 0 radical (unpaired) electrons. The van der Waals surface area contributed by atoms with E-state index in [2.05, 4.69) is 10.2 Å². The standard InChI is InChI=1S/C25H32ClN3O4/c1-19(25(31)27-11-12-28-13-15-33-16-14-28)29(18-21-5-9-23(32-2)10-6-21)24(30)17-20-3-7-22(26)8-4-20/h3-10,19H,11-18H2,1-2H3,(H,27,31). The summed E-state index contributed by atoms with van der Waals surface area (Å²) in [4.78, 5) is 30.1. The van der Waals surface area contributed by atoms with Crippen molar-refractivity contribution >= 4 is 23.4 Å². The fourth-order valence-electron chi connectivity index (χ4n) is 3.70. The number of morpholine rings is 1. The van der Waals surface area contributed by atoms with Gasteiger partial charge in [-0.05, 0) is 42.3 Å². The molecule has 2 aromatic rings. The Bertz CT molecular complexity index is 899. The van der Waals surface area contributed by atoms with Crippen molar-refractivity contribution in [2.24, 2.45) is 0 Å². The Balaban J connectivity index is 1.66. The summed E-state index contributed by atoms with van der Waals surface area (Å²) >= 11 is 5.97. The lowest BCUT2D eigenvalue weighted by Crippen LogP contribution is -2.49. The molecule has 1 saturated heterocycles. The number of nitrogens with one attached hydrogen (secondary N) is 1. The Morgan fingerprint density at radius 1 is 1.09 bits per heavy atom. The highest BCUT2D eigenvalue weighted by atomic mass is 35.5. The van der Waals surface area contributed by atoms with Crippen molar-refractivity contribution in [1.82, 2.24) is 15.1 Å². The van der Waals surface area contributed by atoms with Gasteiger partial charge < -0.3 is 19.7 Å². The number of amides is 2. The Morgan fingerprint density at radius 2 is 1.73 bits per heavy atom. The van der Waals surface area contributed by atoms with Crippen LogP contribution in [-0.2, 0) is 27.3 Å². The van der Waals surface area contributed by atoms with Crippen LogP contribution in [0, 0.1) is 0 Å². The quantitative estimate of drug-likeness (QED) is 0.574. The predicted molar refractivity (Wildman–Crippen MR) is 128 cm³/mol. The third kappa shape index (κ3) is 7.74. The summed E-state index contributed by atoms with van der Waals surface area (Å²) < 4.78 is 10.6. The Labute approximate surface area is 200 Å². The van der Waals surface area contributed by atoms with E-state index >= 15 is 0 Å². The number of hydrogen-bond acceptors (Lipinski definition) is 5. The summed E-state index contributed by atoms with van der Waals surface area (Å²) in [5.74, 6) is 0.455. The van der Waals surface area contributed by atoms with Crippen LogP contribution in [0.15, 0.2) is 48.5 Å². The van der Waals surface area contributed by atoms with Crippen molar-refractivity contribution in [2.45, 2.75) is 25.9 Å². The number of methoxy groups -OCH3 is 1. The first-order valence-corrected chi connectivity index (χ1v) is 11.6. The van der Waals surface area contributed by atoms with Gasteiger partial charge in [0.2, 0.25) is 11.8 Å². The number of carbonyl (C=O) groups is 2. The second-order valence-electron chi connectivity index (χ2n) is 8.09. The second-order valence-corrected chi connectivity index (χ2v) is 8.53. The molecule has 0 saturated carbocycles. The molecule has 1 unspecified atom stereocenters. The third-order valence-corrected chi connectivity index (χ3v) is 6.03. The fourth-order valence-corrected chi connectivity index (χ4v) is 3.82. The Hall–Kier alpha value is -2.61. The fraction of sp³-hybridized carbons (Fsp3) is 0.440. The summed E-state index contributed by atoms with van der Waals surface area (Å²) in [6, 6.07) is 14.1. The molecule has 0 aliphatic carbocycles. The summed E-state index contributed by atoms with van der Waals surface area (Å²) in [6.45, 7) is 6.58. The zero-order valence-electron chi connectivity index (χ0n) is 19.3. The van der Waals surface area contributed by atoms with Gasteiger partial charge in [-0.2, -0.15) is 0 Å². The Morgan fingerprint density at radius 3 is 2.36 bits per heavy atom. The molecule has 0 aromatic heterocycles. The normalized spacial score (nSPS) is 15.0. The van der Waals surface area contributed by atoms with Crippen molar-refractivity contribution in [3.63, 3.8) is 0 Å². The molecular formula is C25H32ClN3O4. The molecule has 8 heteroatoms. The minimum Gasteiger partial charge on any atom is -0.497 e. The molecule has 1 heterocycles. The average molecular weight is 474 g/mol. The van der Waals surface area contributed by atoms with Crippen LogP contribution in [0.2, 0.25) is 5.02 Å². The topological polar surface area (TPSA) is 71.1 Å². The summed E-state index contributed by atoms with van der Waals surface area (Å²) in [7, 11) is 1.61. The first-order chi connectivity index (χ1) is 16.0. The molecule has 3 rings (SSSR count). The summed E-state index contributed by atoms with van der Waals surface area (Å²) in [5, 5.41) is 3.61. The minimum absolute atomic E-state index is 0.121. The lowest BCUT2D eigenvalue weighted by Gasteiger charge is -2.30. The van der Waals surface area contributed by atoms with E-state index in [0.717, 1.165) is 49.7 Å². The van der Waals surface area contributed by atoms with Crippen LogP contribution in [0.5, 0.6) is 5.75 Å². The lowest BCUT2D eigenvalue weighted by atomic mass is 10.1. The summed E-state index contributed by atoms with van der Waals surface area (Å²) in [5.41, 5.74) is 1.78. The van der Waals surface area contributed by atoms with Crippen molar-refractivity contribution in [1.29, 1.82) is 0 Å². The number of carbonyl (C=O) groups excluding carboxylic acids is 2. The molecule has 178 valence electrons. The van der Waals surface area contributed by atoms with Crippen molar-refractivity contribution in [2.75, 3.05) is 46.5 Å². The van der Waals surface area contributed by atoms with E-state index in [0.29, 0.717) is 18.1 Å². The zero-order valence-corrected chi connectivity index (χ0v) is 20.0. The van der Waals surface area contributed by atoms with Gasteiger partial charge in [0.15, 0.2) is 0 Å². The molecule has 1 N–H and O–H groups in total. The number of halogens is 1. The van der Waals surface area contributed by atoms with Crippen molar-refractivity contribution in [3.05, 3.63) is 64.7 Å².